The lowest BCUT2D eigenvalue weighted by Gasteiger charge is -2.16. The zero-order valence-corrected chi connectivity index (χ0v) is 10.4. The second-order valence-corrected chi connectivity index (χ2v) is 4.02. The molecule has 0 saturated heterocycles. The number of alkyl halides is 1. The molecule has 0 aliphatic heterocycles. The topological polar surface area (TPSA) is 52.3 Å². The minimum atomic E-state index is -1.82. The molecule has 17 heavy (non-hydrogen) atoms. The van der Waals surface area contributed by atoms with Crippen molar-refractivity contribution in [3.8, 4) is 0 Å². The Labute approximate surface area is 101 Å². The van der Waals surface area contributed by atoms with Crippen LogP contribution in [0.15, 0.2) is 18.2 Å². The van der Waals surface area contributed by atoms with Gasteiger partial charge in [0.1, 0.15) is 0 Å². The number of hydrogen-bond acceptors (Lipinski definition) is 3. The van der Waals surface area contributed by atoms with Gasteiger partial charge in [0.25, 0.3) is 0 Å². The summed E-state index contributed by atoms with van der Waals surface area (Å²) in [5.74, 6) is -0.904. The molecule has 0 spiro atoms. The Kier molecular flexibility index (Phi) is 4.63. The van der Waals surface area contributed by atoms with Crippen LogP contribution in [0.3, 0.4) is 0 Å². The van der Waals surface area contributed by atoms with Gasteiger partial charge in [0.05, 0.1) is 12.6 Å². The van der Waals surface area contributed by atoms with E-state index in [1.54, 1.807) is 19.1 Å². The highest BCUT2D eigenvalue weighted by Crippen LogP contribution is 2.20. The number of rotatable bonds is 4. The summed E-state index contributed by atoms with van der Waals surface area (Å²) in [4.78, 5) is 11.2. The number of ether oxygens (including phenoxy) is 1. The first-order chi connectivity index (χ1) is 7.97. The highest BCUT2D eigenvalue weighted by atomic mass is 19.1. The molecule has 0 fully saturated rings. The van der Waals surface area contributed by atoms with Crippen molar-refractivity contribution in [3.63, 3.8) is 0 Å². The van der Waals surface area contributed by atoms with Crippen LogP contribution in [-0.4, -0.2) is 18.7 Å². The number of nitrogens with two attached hydrogens (primary N) is 1. The lowest BCUT2D eigenvalue weighted by molar-refractivity contribution is -0.149. The fraction of sp³-hybridized carbons (Fsp3) is 0.462. The first-order valence-corrected chi connectivity index (χ1v) is 5.60. The molecule has 94 valence electrons. The molecule has 1 unspecified atom stereocenters. The van der Waals surface area contributed by atoms with E-state index in [0.717, 1.165) is 11.1 Å². The SMILES string of the molecule is CCOC(=O)C(F)[C@H](N)c1ccc(C)c(C)c1. The van der Waals surface area contributed by atoms with Gasteiger partial charge in [-0.3, -0.25) is 0 Å². The molecule has 1 rings (SSSR count). The van der Waals surface area contributed by atoms with E-state index in [1.165, 1.54) is 0 Å². The summed E-state index contributed by atoms with van der Waals surface area (Å²) in [7, 11) is 0. The molecular weight excluding hydrogens is 221 g/mol. The van der Waals surface area contributed by atoms with Crippen LogP contribution in [0.1, 0.15) is 29.7 Å². The van der Waals surface area contributed by atoms with Crippen LogP contribution in [0.25, 0.3) is 0 Å². The molecule has 0 aliphatic carbocycles. The number of halogens is 1. The molecule has 0 aliphatic rings. The summed E-state index contributed by atoms with van der Waals surface area (Å²) in [6, 6.07) is 4.42. The standard InChI is InChI=1S/C13H18FNO2/c1-4-17-13(16)11(14)12(15)10-6-5-8(2)9(3)7-10/h5-7,11-12H,4,15H2,1-3H3/t11?,12-/m1/s1. The largest absolute Gasteiger partial charge is 0.464 e. The summed E-state index contributed by atoms with van der Waals surface area (Å²) in [6.45, 7) is 5.66. The monoisotopic (exact) mass is 239 g/mol. The number of hydrogen-bond donors (Lipinski definition) is 1. The van der Waals surface area contributed by atoms with Gasteiger partial charge in [-0.2, -0.15) is 0 Å². The molecule has 0 radical (unpaired) electrons. The second kappa shape index (κ2) is 5.77. The van der Waals surface area contributed by atoms with Crippen molar-refractivity contribution in [1.29, 1.82) is 0 Å². The minimum Gasteiger partial charge on any atom is -0.464 e. The molecule has 2 atom stereocenters. The van der Waals surface area contributed by atoms with E-state index in [0.29, 0.717) is 5.56 Å². The molecule has 4 heteroatoms. The minimum absolute atomic E-state index is 0.152. The Balaban J connectivity index is 2.84. The van der Waals surface area contributed by atoms with Gasteiger partial charge in [-0.15, -0.1) is 0 Å². The zero-order chi connectivity index (χ0) is 13.0. The molecule has 2 N–H and O–H groups in total. The summed E-state index contributed by atoms with van der Waals surface area (Å²) in [5, 5.41) is 0. The molecule has 1 aromatic carbocycles. The van der Waals surface area contributed by atoms with Crippen molar-refractivity contribution in [2.45, 2.75) is 33.0 Å². The van der Waals surface area contributed by atoms with Crippen LogP contribution < -0.4 is 5.73 Å². The zero-order valence-electron chi connectivity index (χ0n) is 10.4. The van der Waals surface area contributed by atoms with Gasteiger partial charge < -0.3 is 10.5 Å². The number of carbonyl (C=O) groups is 1. The van der Waals surface area contributed by atoms with Crippen molar-refractivity contribution >= 4 is 5.97 Å². The summed E-state index contributed by atoms with van der Waals surface area (Å²) in [6.07, 6.45) is -1.82. The molecular formula is C13H18FNO2. The van der Waals surface area contributed by atoms with E-state index in [1.807, 2.05) is 19.9 Å². The Hall–Kier alpha value is -1.42. The average molecular weight is 239 g/mol. The van der Waals surface area contributed by atoms with Crippen molar-refractivity contribution < 1.29 is 13.9 Å². The van der Waals surface area contributed by atoms with Gasteiger partial charge in [0.15, 0.2) is 0 Å². The summed E-state index contributed by atoms with van der Waals surface area (Å²) >= 11 is 0. The van der Waals surface area contributed by atoms with Gasteiger partial charge in [0, 0.05) is 0 Å². The first kappa shape index (κ1) is 13.6. The normalized spacial score (nSPS) is 14.2. The van der Waals surface area contributed by atoms with Crippen LogP contribution in [0.4, 0.5) is 4.39 Å². The molecule has 1 aromatic rings. The van der Waals surface area contributed by atoms with Gasteiger partial charge in [-0.25, -0.2) is 9.18 Å². The molecule has 3 nitrogen and oxygen atoms in total. The maximum Gasteiger partial charge on any atom is 0.342 e. The third-order valence-corrected chi connectivity index (χ3v) is 2.74. The van der Waals surface area contributed by atoms with Gasteiger partial charge in [-0.05, 0) is 37.5 Å². The molecule has 0 heterocycles. The van der Waals surface area contributed by atoms with E-state index in [9.17, 15) is 9.18 Å². The molecule has 0 bridgehead atoms. The number of benzene rings is 1. The maximum absolute atomic E-state index is 13.7. The molecule has 0 saturated carbocycles. The van der Waals surface area contributed by atoms with Gasteiger partial charge in [-0.1, -0.05) is 18.2 Å². The fourth-order valence-corrected chi connectivity index (χ4v) is 1.51. The Morgan fingerprint density at radius 1 is 1.41 bits per heavy atom. The van der Waals surface area contributed by atoms with Gasteiger partial charge in [0.2, 0.25) is 6.17 Å². The van der Waals surface area contributed by atoms with Crippen LogP contribution in [0, 0.1) is 13.8 Å². The Morgan fingerprint density at radius 3 is 2.59 bits per heavy atom. The van der Waals surface area contributed by atoms with Crippen LogP contribution in [0.5, 0.6) is 0 Å². The van der Waals surface area contributed by atoms with E-state index in [4.69, 9.17) is 5.73 Å². The lowest BCUT2D eigenvalue weighted by atomic mass is 9.99. The highest BCUT2D eigenvalue weighted by molar-refractivity contribution is 5.75. The van der Waals surface area contributed by atoms with Crippen molar-refractivity contribution in [1.82, 2.24) is 0 Å². The van der Waals surface area contributed by atoms with E-state index in [-0.39, 0.29) is 6.61 Å². The van der Waals surface area contributed by atoms with Crippen LogP contribution >= 0.6 is 0 Å². The highest BCUT2D eigenvalue weighted by Gasteiger charge is 2.27. The number of aryl methyl sites for hydroxylation is 2. The summed E-state index contributed by atoms with van der Waals surface area (Å²) < 4.78 is 18.3. The van der Waals surface area contributed by atoms with Crippen molar-refractivity contribution in [2.24, 2.45) is 5.73 Å². The van der Waals surface area contributed by atoms with Gasteiger partial charge >= 0.3 is 5.97 Å². The molecule has 0 aromatic heterocycles. The van der Waals surface area contributed by atoms with E-state index >= 15 is 0 Å². The molecule has 0 amide bonds. The quantitative estimate of drug-likeness (QED) is 0.819. The predicted octanol–water partition coefficient (Wildman–Crippen LogP) is 2.20. The smallest absolute Gasteiger partial charge is 0.342 e. The predicted molar refractivity (Wildman–Crippen MR) is 64.4 cm³/mol. The Morgan fingerprint density at radius 2 is 2.06 bits per heavy atom. The van der Waals surface area contributed by atoms with Crippen molar-refractivity contribution in [2.75, 3.05) is 6.61 Å². The number of esters is 1. The third-order valence-electron chi connectivity index (χ3n) is 2.74. The summed E-state index contributed by atoms with van der Waals surface area (Å²) in [5.41, 5.74) is 8.44. The average Bonchev–Trinajstić information content (AvgIpc) is 2.31. The second-order valence-electron chi connectivity index (χ2n) is 4.02. The Bertz CT molecular complexity index is 406. The van der Waals surface area contributed by atoms with E-state index < -0.39 is 18.2 Å². The first-order valence-electron chi connectivity index (χ1n) is 5.60. The number of carbonyl (C=O) groups excluding carboxylic acids is 1. The third kappa shape index (κ3) is 3.27. The fourth-order valence-electron chi connectivity index (χ4n) is 1.51. The van der Waals surface area contributed by atoms with Crippen LogP contribution in [-0.2, 0) is 9.53 Å². The maximum atomic E-state index is 13.7. The van der Waals surface area contributed by atoms with Crippen molar-refractivity contribution in [3.05, 3.63) is 34.9 Å². The van der Waals surface area contributed by atoms with Crippen LogP contribution in [0.2, 0.25) is 0 Å². The van der Waals surface area contributed by atoms with E-state index in [2.05, 4.69) is 4.74 Å². The lowest BCUT2D eigenvalue weighted by Crippen LogP contribution is -2.31.